The standard InChI is InChI=1S/C21H19ClN4O2/c1-13-10-20(24-16-7-5-15(22)6-8-16)26-21(23-13)12-17(25-26)14-4-9-18(27-2)19(11-14)28-3/h4-12,24H,1-3H3. The molecule has 2 aromatic heterocycles. The van der Waals surface area contributed by atoms with Crippen LogP contribution in [0.4, 0.5) is 11.5 Å². The SMILES string of the molecule is COc1ccc(-c2cc3nc(C)cc(Nc4ccc(Cl)cc4)n3n2)cc1OC. The number of anilines is 2. The number of hydrogen-bond acceptors (Lipinski definition) is 5. The van der Waals surface area contributed by atoms with Gasteiger partial charge in [-0.25, -0.2) is 4.98 Å². The van der Waals surface area contributed by atoms with Crippen molar-refractivity contribution in [2.24, 2.45) is 0 Å². The number of aromatic nitrogens is 3. The predicted molar refractivity (Wildman–Crippen MR) is 111 cm³/mol. The van der Waals surface area contributed by atoms with E-state index in [-0.39, 0.29) is 0 Å². The van der Waals surface area contributed by atoms with Gasteiger partial charge in [0.1, 0.15) is 5.82 Å². The van der Waals surface area contributed by atoms with E-state index in [1.54, 1.807) is 18.7 Å². The fraction of sp³-hybridized carbons (Fsp3) is 0.143. The second-order valence-electron chi connectivity index (χ2n) is 6.28. The highest BCUT2D eigenvalue weighted by Crippen LogP contribution is 2.32. The number of halogens is 1. The summed E-state index contributed by atoms with van der Waals surface area (Å²) >= 11 is 5.98. The molecule has 4 aromatic rings. The van der Waals surface area contributed by atoms with Crippen LogP contribution in [0, 0.1) is 6.92 Å². The molecule has 0 atom stereocenters. The smallest absolute Gasteiger partial charge is 0.161 e. The molecule has 6 nitrogen and oxygen atoms in total. The number of fused-ring (bicyclic) bond motifs is 1. The highest BCUT2D eigenvalue weighted by molar-refractivity contribution is 6.30. The van der Waals surface area contributed by atoms with Crippen LogP contribution in [0.5, 0.6) is 11.5 Å². The van der Waals surface area contributed by atoms with E-state index < -0.39 is 0 Å². The van der Waals surface area contributed by atoms with E-state index in [2.05, 4.69) is 10.3 Å². The Morgan fingerprint density at radius 3 is 2.39 bits per heavy atom. The molecule has 0 fully saturated rings. The van der Waals surface area contributed by atoms with Gasteiger partial charge in [-0.15, -0.1) is 0 Å². The van der Waals surface area contributed by atoms with E-state index in [0.717, 1.165) is 34.1 Å². The minimum absolute atomic E-state index is 0.653. The van der Waals surface area contributed by atoms with Gasteiger partial charge >= 0.3 is 0 Å². The summed E-state index contributed by atoms with van der Waals surface area (Å²) in [6.07, 6.45) is 0. The number of hydrogen-bond donors (Lipinski definition) is 1. The zero-order valence-electron chi connectivity index (χ0n) is 15.7. The first-order chi connectivity index (χ1) is 13.6. The van der Waals surface area contributed by atoms with E-state index in [1.165, 1.54) is 0 Å². The van der Waals surface area contributed by atoms with Crippen molar-refractivity contribution in [1.82, 2.24) is 14.6 Å². The monoisotopic (exact) mass is 394 g/mol. The Labute approximate surface area is 167 Å². The summed E-state index contributed by atoms with van der Waals surface area (Å²) in [6.45, 7) is 1.95. The van der Waals surface area contributed by atoms with Gasteiger partial charge in [0.15, 0.2) is 17.1 Å². The minimum Gasteiger partial charge on any atom is -0.493 e. The van der Waals surface area contributed by atoms with Crippen molar-refractivity contribution < 1.29 is 9.47 Å². The topological polar surface area (TPSA) is 60.7 Å². The van der Waals surface area contributed by atoms with Crippen molar-refractivity contribution in [3.8, 4) is 22.8 Å². The van der Waals surface area contributed by atoms with Crippen LogP contribution in [0.1, 0.15) is 5.69 Å². The van der Waals surface area contributed by atoms with Crippen LogP contribution < -0.4 is 14.8 Å². The molecule has 28 heavy (non-hydrogen) atoms. The molecule has 0 amide bonds. The summed E-state index contributed by atoms with van der Waals surface area (Å²) in [4.78, 5) is 4.60. The Hall–Kier alpha value is -3.25. The molecule has 2 aromatic carbocycles. The Balaban J connectivity index is 1.77. The maximum absolute atomic E-state index is 5.98. The zero-order chi connectivity index (χ0) is 19.7. The summed E-state index contributed by atoms with van der Waals surface area (Å²) in [7, 11) is 3.23. The van der Waals surface area contributed by atoms with Gasteiger partial charge in [0, 0.05) is 34.1 Å². The lowest BCUT2D eigenvalue weighted by Crippen LogP contribution is -2.02. The lowest BCUT2D eigenvalue weighted by molar-refractivity contribution is 0.355. The summed E-state index contributed by atoms with van der Waals surface area (Å²) in [6, 6.07) is 17.1. The largest absolute Gasteiger partial charge is 0.493 e. The van der Waals surface area contributed by atoms with E-state index in [4.69, 9.17) is 26.2 Å². The Morgan fingerprint density at radius 1 is 0.929 bits per heavy atom. The van der Waals surface area contributed by atoms with Crippen LogP contribution in [0.3, 0.4) is 0 Å². The maximum Gasteiger partial charge on any atom is 0.161 e. The lowest BCUT2D eigenvalue weighted by atomic mass is 10.1. The van der Waals surface area contributed by atoms with Gasteiger partial charge in [0.05, 0.1) is 19.9 Å². The Morgan fingerprint density at radius 2 is 1.68 bits per heavy atom. The van der Waals surface area contributed by atoms with Crippen LogP contribution in [-0.4, -0.2) is 28.8 Å². The fourth-order valence-corrected chi connectivity index (χ4v) is 3.13. The summed E-state index contributed by atoms with van der Waals surface area (Å²) in [5.41, 5.74) is 4.26. The highest BCUT2D eigenvalue weighted by atomic mass is 35.5. The van der Waals surface area contributed by atoms with Crippen LogP contribution in [-0.2, 0) is 0 Å². The average molecular weight is 395 g/mol. The second kappa shape index (κ2) is 7.40. The van der Waals surface area contributed by atoms with Gasteiger partial charge in [-0.2, -0.15) is 9.61 Å². The number of aryl methyl sites for hydroxylation is 1. The number of rotatable bonds is 5. The van der Waals surface area contributed by atoms with Crippen molar-refractivity contribution in [2.45, 2.75) is 6.92 Å². The molecule has 0 aliphatic heterocycles. The van der Waals surface area contributed by atoms with Crippen LogP contribution in [0.25, 0.3) is 16.9 Å². The first-order valence-corrected chi connectivity index (χ1v) is 9.07. The highest BCUT2D eigenvalue weighted by Gasteiger charge is 2.12. The van der Waals surface area contributed by atoms with Crippen molar-refractivity contribution in [1.29, 1.82) is 0 Å². The van der Waals surface area contributed by atoms with Crippen LogP contribution in [0.15, 0.2) is 54.6 Å². The second-order valence-corrected chi connectivity index (χ2v) is 6.72. The van der Waals surface area contributed by atoms with Crippen LogP contribution >= 0.6 is 11.6 Å². The number of ether oxygens (including phenoxy) is 2. The lowest BCUT2D eigenvalue weighted by Gasteiger charge is -2.09. The molecule has 0 unspecified atom stereocenters. The first-order valence-electron chi connectivity index (χ1n) is 8.70. The summed E-state index contributed by atoms with van der Waals surface area (Å²) in [5.74, 6) is 2.14. The number of nitrogens with one attached hydrogen (secondary N) is 1. The molecular formula is C21H19ClN4O2. The summed E-state index contributed by atoms with van der Waals surface area (Å²) in [5, 5.41) is 8.81. The van der Waals surface area contributed by atoms with Crippen LogP contribution in [0.2, 0.25) is 5.02 Å². The molecule has 0 aliphatic rings. The Kier molecular flexibility index (Phi) is 4.79. The molecule has 142 valence electrons. The molecule has 1 N–H and O–H groups in total. The molecule has 4 rings (SSSR count). The first kappa shape index (κ1) is 18.1. The quantitative estimate of drug-likeness (QED) is 0.509. The number of benzene rings is 2. The number of nitrogens with zero attached hydrogens (tertiary/aromatic N) is 3. The number of methoxy groups -OCH3 is 2. The van der Waals surface area contributed by atoms with E-state index >= 15 is 0 Å². The van der Waals surface area contributed by atoms with Gasteiger partial charge in [-0.1, -0.05) is 11.6 Å². The predicted octanol–water partition coefficient (Wildman–Crippen LogP) is 5.12. The van der Waals surface area contributed by atoms with Crippen molar-refractivity contribution >= 4 is 28.8 Å². The van der Waals surface area contributed by atoms with Crippen molar-refractivity contribution in [3.05, 3.63) is 65.3 Å². The van der Waals surface area contributed by atoms with Gasteiger partial charge in [-0.3, -0.25) is 0 Å². The third kappa shape index (κ3) is 3.46. The molecule has 0 saturated carbocycles. The zero-order valence-corrected chi connectivity index (χ0v) is 16.5. The minimum atomic E-state index is 0.653. The third-order valence-corrected chi connectivity index (χ3v) is 4.60. The van der Waals surface area contributed by atoms with Crippen molar-refractivity contribution in [3.63, 3.8) is 0 Å². The third-order valence-electron chi connectivity index (χ3n) is 4.35. The molecule has 2 heterocycles. The Bertz CT molecular complexity index is 1140. The van der Waals surface area contributed by atoms with E-state index in [1.807, 2.05) is 61.5 Å². The van der Waals surface area contributed by atoms with Gasteiger partial charge < -0.3 is 14.8 Å². The molecular weight excluding hydrogens is 376 g/mol. The van der Waals surface area contributed by atoms with Gasteiger partial charge in [-0.05, 0) is 49.4 Å². The van der Waals surface area contributed by atoms with E-state index in [9.17, 15) is 0 Å². The normalized spacial score (nSPS) is 10.9. The fourth-order valence-electron chi connectivity index (χ4n) is 3.01. The molecule has 0 aliphatic carbocycles. The van der Waals surface area contributed by atoms with Gasteiger partial charge in [0.25, 0.3) is 0 Å². The van der Waals surface area contributed by atoms with Crippen molar-refractivity contribution in [2.75, 3.05) is 19.5 Å². The molecule has 7 heteroatoms. The van der Waals surface area contributed by atoms with Gasteiger partial charge in [0.2, 0.25) is 0 Å². The summed E-state index contributed by atoms with van der Waals surface area (Å²) < 4.78 is 12.5. The average Bonchev–Trinajstić information content (AvgIpc) is 3.13. The molecule has 0 radical (unpaired) electrons. The molecule has 0 bridgehead atoms. The maximum atomic E-state index is 5.98. The molecule has 0 spiro atoms. The van der Waals surface area contributed by atoms with E-state index in [0.29, 0.717) is 16.5 Å². The molecule has 0 saturated heterocycles.